The molecule has 0 aromatic heterocycles. The van der Waals surface area contributed by atoms with Crippen LogP contribution in [-0.4, -0.2) is 30.3 Å². The summed E-state index contributed by atoms with van der Waals surface area (Å²) in [4.78, 5) is 10.3. The van der Waals surface area contributed by atoms with Crippen LogP contribution >= 0.6 is 0 Å². The number of aliphatic carboxylic acids is 1. The van der Waals surface area contributed by atoms with Gasteiger partial charge in [-0.2, -0.15) is 0 Å². The van der Waals surface area contributed by atoms with Crippen LogP contribution in [0.4, 0.5) is 0 Å². The molecular formula is C14H19NO3. The van der Waals surface area contributed by atoms with E-state index < -0.39 is 5.97 Å². The summed E-state index contributed by atoms with van der Waals surface area (Å²) in [5.74, 6) is 0.245. The van der Waals surface area contributed by atoms with Crippen LogP contribution in [-0.2, 0) is 11.2 Å². The number of hydrogen-bond donors (Lipinski definition) is 2. The number of carboxylic acid groups (broad SMARTS) is 1. The van der Waals surface area contributed by atoms with E-state index in [0.717, 1.165) is 25.3 Å². The van der Waals surface area contributed by atoms with E-state index in [9.17, 15) is 4.79 Å². The highest BCUT2D eigenvalue weighted by atomic mass is 16.5. The van der Waals surface area contributed by atoms with Crippen molar-refractivity contribution in [3.05, 3.63) is 29.3 Å². The second kappa shape index (κ2) is 5.87. The molecule has 0 spiro atoms. The Morgan fingerprint density at radius 2 is 2.39 bits per heavy atom. The molecule has 1 aliphatic heterocycles. The first-order valence-electron chi connectivity index (χ1n) is 6.34. The van der Waals surface area contributed by atoms with Crippen LogP contribution in [0.1, 0.15) is 24.0 Å². The molecule has 0 aliphatic carbocycles. The first kappa shape index (κ1) is 12.9. The summed E-state index contributed by atoms with van der Waals surface area (Å²) in [6.45, 7) is 3.58. The number of carboxylic acids is 1. The highest BCUT2D eigenvalue weighted by Crippen LogP contribution is 2.29. The van der Waals surface area contributed by atoms with Crippen LogP contribution in [0, 0.1) is 6.92 Å². The van der Waals surface area contributed by atoms with Gasteiger partial charge in [-0.1, -0.05) is 17.7 Å². The highest BCUT2D eigenvalue weighted by molar-refractivity contribution is 5.66. The summed E-state index contributed by atoms with van der Waals surface area (Å²) in [5.41, 5.74) is 2.53. The Morgan fingerprint density at radius 3 is 3.17 bits per heavy atom. The van der Waals surface area contributed by atoms with Crippen LogP contribution < -0.4 is 10.1 Å². The predicted molar refractivity (Wildman–Crippen MR) is 69.0 cm³/mol. The molecular weight excluding hydrogens is 230 g/mol. The van der Waals surface area contributed by atoms with Gasteiger partial charge in [-0.05, 0) is 31.5 Å². The fourth-order valence-corrected chi connectivity index (χ4v) is 2.19. The van der Waals surface area contributed by atoms with Gasteiger partial charge in [0.05, 0.1) is 0 Å². The van der Waals surface area contributed by atoms with Gasteiger partial charge in [-0.3, -0.25) is 4.79 Å². The average molecular weight is 249 g/mol. The maximum atomic E-state index is 10.3. The number of fused-ring (bicyclic) bond motifs is 1. The SMILES string of the molecule is Cc1ccc2c(c1)CC(CNCCCC(=O)O)O2. The Bertz CT molecular complexity index is 431. The fraction of sp³-hybridized carbons (Fsp3) is 0.500. The third-order valence-electron chi connectivity index (χ3n) is 3.07. The lowest BCUT2D eigenvalue weighted by molar-refractivity contribution is -0.137. The molecule has 4 heteroatoms. The van der Waals surface area contributed by atoms with Gasteiger partial charge >= 0.3 is 5.97 Å². The molecule has 2 rings (SSSR count). The topological polar surface area (TPSA) is 58.6 Å². The highest BCUT2D eigenvalue weighted by Gasteiger charge is 2.22. The largest absolute Gasteiger partial charge is 0.488 e. The van der Waals surface area contributed by atoms with Crippen molar-refractivity contribution in [2.45, 2.75) is 32.3 Å². The van der Waals surface area contributed by atoms with Crippen LogP contribution in [0.5, 0.6) is 5.75 Å². The molecule has 1 unspecified atom stereocenters. The molecule has 4 nitrogen and oxygen atoms in total. The van der Waals surface area contributed by atoms with Gasteiger partial charge in [0.15, 0.2) is 0 Å². The molecule has 18 heavy (non-hydrogen) atoms. The molecule has 1 aromatic rings. The van der Waals surface area contributed by atoms with Gasteiger partial charge in [0.25, 0.3) is 0 Å². The Balaban J connectivity index is 1.70. The lowest BCUT2D eigenvalue weighted by Gasteiger charge is -2.11. The molecule has 1 aromatic carbocycles. The van der Waals surface area contributed by atoms with Gasteiger partial charge in [0, 0.05) is 19.4 Å². The minimum absolute atomic E-state index is 0.173. The molecule has 98 valence electrons. The molecule has 1 aliphatic rings. The predicted octanol–water partition coefficient (Wildman–Crippen LogP) is 1.75. The Morgan fingerprint density at radius 1 is 1.56 bits per heavy atom. The maximum absolute atomic E-state index is 10.3. The monoisotopic (exact) mass is 249 g/mol. The van der Waals surface area contributed by atoms with Crippen molar-refractivity contribution < 1.29 is 14.6 Å². The Hall–Kier alpha value is -1.55. The molecule has 0 fully saturated rings. The van der Waals surface area contributed by atoms with E-state index in [1.165, 1.54) is 11.1 Å². The lowest BCUT2D eigenvalue weighted by Crippen LogP contribution is -2.30. The number of aryl methyl sites for hydroxylation is 1. The molecule has 0 radical (unpaired) electrons. The smallest absolute Gasteiger partial charge is 0.303 e. The number of hydrogen-bond acceptors (Lipinski definition) is 3. The van der Waals surface area contributed by atoms with E-state index in [0.29, 0.717) is 6.42 Å². The summed E-state index contributed by atoms with van der Waals surface area (Å²) in [7, 11) is 0. The molecule has 0 saturated carbocycles. The zero-order valence-electron chi connectivity index (χ0n) is 10.6. The van der Waals surface area contributed by atoms with Crippen molar-refractivity contribution >= 4 is 5.97 Å². The second-order valence-corrected chi connectivity index (χ2v) is 4.76. The maximum Gasteiger partial charge on any atom is 0.303 e. The molecule has 1 atom stereocenters. The van der Waals surface area contributed by atoms with Crippen LogP contribution in [0.3, 0.4) is 0 Å². The first-order valence-corrected chi connectivity index (χ1v) is 6.34. The molecule has 0 amide bonds. The quantitative estimate of drug-likeness (QED) is 0.754. The fourth-order valence-electron chi connectivity index (χ4n) is 2.19. The van der Waals surface area contributed by atoms with E-state index in [1.807, 2.05) is 6.07 Å². The minimum atomic E-state index is -0.739. The van der Waals surface area contributed by atoms with E-state index in [2.05, 4.69) is 24.4 Å². The normalized spacial score (nSPS) is 17.3. The summed E-state index contributed by atoms with van der Waals surface area (Å²) in [6.07, 6.45) is 1.99. The van der Waals surface area contributed by atoms with Gasteiger partial charge in [0.2, 0.25) is 0 Å². The van der Waals surface area contributed by atoms with E-state index in [4.69, 9.17) is 9.84 Å². The third kappa shape index (κ3) is 3.47. The van der Waals surface area contributed by atoms with Crippen molar-refractivity contribution in [3.8, 4) is 5.75 Å². The zero-order chi connectivity index (χ0) is 13.0. The number of rotatable bonds is 6. The van der Waals surface area contributed by atoms with Crippen LogP contribution in [0.2, 0.25) is 0 Å². The number of ether oxygens (including phenoxy) is 1. The average Bonchev–Trinajstić information content (AvgIpc) is 2.70. The van der Waals surface area contributed by atoms with Crippen LogP contribution in [0.25, 0.3) is 0 Å². The minimum Gasteiger partial charge on any atom is -0.488 e. The Labute approximate surface area is 107 Å². The van der Waals surface area contributed by atoms with E-state index in [1.54, 1.807) is 0 Å². The number of carbonyl (C=O) groups is 1. The Kier molecular flexibility index (Phi) is 4.20. The number of benzene rings is 1. The van der Waals surface area contributed by atoms with Gasteiger partial charge in [0.1, 0.15) is 11.9 Å². The first-order chi connectivity index (χ1) is 8.65. The van der Waals surface area contributed by atoms with Crippen molar-refractivity contribution in [2.75, 3.05) is 13.1 Å². The van der Waals surface area contributed by atoms with Crippen molar-refractivity contribution in [1.82, 2.24) is 5.32 Å². The summed E-state index contributed by atoms with van der Waals surface area (Å²) in [6, 6.07) is 6.25. The molecule has 2 N–H and O–H groups in total. The molecule has 0 saturated heterocycles. The van der Waals surface area contributed by atoms with Crippen molar-refractivity contribution in [2.24, 2.45) is 0 Å². The second-order valence-electron chi connectivity index (χ2n) is 4.76. The van der Waals surface area contributed by atoms with E-state index >= 15 is 0 Å². The van der Waals surface area contributed by atoms with Crippen molar-refractivity contribution in [1.29, 1.82) is 0 Å². The molecule has 0 bridgehead atoms. The van der Waals surface area contributed by atoms with E-state index in [-0.39, 0.29) is 12.5 Å². The molecule has 1 heterocycles. The zero-order valence-corrected chi connectivity index (χ0v) is 10.6. The van der Waals surface area contributed by atoms with Gasteiger partial charge < -0.3 is 15.2 Å². The summed E-state index contributed by atoms with van der Waals surface area (Å²) < 4.78 is 5.81. The van der Waals surface area contributed by atoms with Gasteiger partial charge in [-0.15, -0.1) is 0 Å². The van der Waals surface area contributed by atoms with Gasteiger partial charge in [-0.25, -0.2) is 0 Å². The third-order valence-corrected chi connectivity index (χ3v) is 3.07. The number of nitrogens with one attached hydrogen (secondary N) is 1. The standard InChI is InChI=1S/C14H19NO3/c1-10-4-5-13-11(7-10)8-12(18-13)9-15-6-2-3-14(16)17/h4-5,7,12,15H,2-3,6,8-9H2,1H3,(H,16,17). The van der Waals surface area contributed by atoms with Crippen LogP contribution in [0.15, 0.2) is 18.2 Å². The summed E-state index contributed by atoms with van der Waals surface area (Å²) in [5, 5.41) is 11.8. The lowest BCUT2D eigenvalue weighted by atomic mass is 10.1. The summed E-state index contributed by atoms with van der Waals surface area (Å²) >= 11 is 0. The van der Waals surface area contributed by atoms with Crippen molar-refractivity contribution in [3.63, 3.8) is 0 Å².